The first-order valence-corrected chi connectivity index (χ1v) is 11.9. The lowest BCUT2D eigenvalue weighted by atomic mass is 9.93. The Labute approximate surface area is 198 Å². The van der Waals surface area contributed by atoms with Crippen molar-refractivity contribution in [3.05, 3.63) is 46.1 Å². The fourth-order valence-electron chi connectivity index (χ4n) is 4.33. The fraction of sp³-hybridized carbons (Fsp3) is 0.480. The van der Waals surface area contributed by atoms with Gasteiger partial charge in [-0.2, -0.15) is 0 Å². The number of rotatable bonds is 5. The molecule has 2 aliphatic rings. The van der Waals surface area contributed by atoms with Crippen molar-refractivity contribution in [1.82, 2.24) is 4.98 Å². The van der Waals surface area contributed by atoms with Crippen LogP contribution in [-0.4, -0.2) is 42.5 Å². The molecule has 0 amide bonds. The van der Waals surface area contributed by atoms with E-state index in [1.54, 1.807) is 13.3 Å². The molecule has 1 fully saturated rings. The van der Waals surface area contributed by atoms with Gasteiger partial charge in [0.2, 0.25) is 5.88 Å². The van der Waals surface area contributed by atoms with Crippen LogP contribution in [-0.2, 0) is 16.0 Å². The summed E-state index contributed by atoms with van der Waals surface area (Å²) in [5.74, 6) is 0.886. The molecule has 3 heterocycles. The van der Waals surface area contributed by atoms with Gasteiger partial charge in [0.15, 0.2) is 0 Å². The maximum atomic E-state index is 12.2. The van der Waals surface area contributed by atoms with E-state index in [9.17, 15) is 4.79 Å². The van der Waals surface area contributed by atoms with Crippen LogP contribution in [0.15, 0.2) is 39.9 Å². The van der Waals surface area contributed by atoms with Crippen molar-refractivity contribution in [1.29, 1.82) is 0 Å². The molecule has 1 aromatic heterocycles. The van der Waals surface area contributed by atoms with Crippen molar-refractivity contribution in [3.8, 4) is 5.88 Å². The van der Waals surface area contributed by atoms with Gasteiger partial charge in [0.1, 0.15) is 5.60 Å². The van der Waals surface area contributed by atoms with Crippen LogP contribution in [0.4, 0.5) is 11.4 Å². The summed E-state index contributed by atoms with van der Waals surface area (Å²) in [6.45, 7) is 7.62. The Balaban J connectivity index is 1.42. The van der Waals surface area contributed by atoms with Gasteiger partial charge in [0.05, 0.1) is 24.1 Å². The summed E-state index contributed by atoms with van der Waals surface area (Å²) in [4.78, 5) is 23.8. The number of piperidine rings is 1. The molecule has 4 rings (SSSR count). The van der Waals surface area contributed by atoms with Crippen LogP contribution in [0, 0.1) is 5.92 Å². The first kappa shape index (κ1) is 22.8. The van der Waals surface area contributed by atoms with E-state index < -0.39 is 5.60 Å². The molecule has 0 spiro atoms. The molecule has 0 bridgehead atoms. The third-order valence-corrected chi connectivity index (χ3v) is 6.29. The Bertz CT molecular complexity index is 1040. The van der Waals surface area contributed by atoms with Gasteiger partial charge < -0.3 is 14.4 Å². The van der Waals surface area contributed by atoms with Gasteiger partial charge in [-0.15, -0.1) is 0 Å². The van der Waals surface area contributed by atoms with Gasteiger partial charge >= 0.3 is 5.97 Å². The van der Waals surface area contributed by atoms with Crippen molar-refractivity contribution in [2.75, 3.05) is 25.1 Å². The number of fused-ring (bicyclic) bond motifs is 1. The Kier molecular flexibility index (Phi) is 6.56. The van der Waals surface area contributed by atoms with E-state index in [1.165, 1.54) is 11.3 Å². The van der Waals surface area contributed by atoms with Crippen LogP contribution in [0.3, 0.4) is 0 Å². The zero-order valence-corrected chi connectivity index (χ0v) is 20.7. The van der Waals surface area contributed by atoms with Crippen LogP contribution in [0.25, 0.3) is 0 Å². The average Bonchev–Trinajstić information content (AvgIpc) is 3.16. The number of pyridine rings is 1. The number of esters is 1. The normalized spacial score (nSPS) is 16.5. The Hall–Kier alpha value is -2.41. The standard InChI is InChI=1S/C25H30BrN3O3/c1-25(2,3)32-23(30)11-16-7-9-29(10-8-16)19-6-5-17-12-22(28-21(17)14-19)20-13-18(26)15-27-24(20)31-4/h5-6,13-16H,7-12H2,1-4H3. The summed E-state index contributed by atoms with van der Waals surface area (Å²) < 4.78 is 11.8. The quantitative estimate of drug-likeness (QED) is 0.509. The molecule has 0 radical (unpaired) electrons. The summed E-state index contributed by atoms with van der Waals surface area (Å²) in [6.07, 6.45) is 4.99. The highest BCUT2D eigenvalue weighted by Crippen LogP contribution is 2.36. The Morgan fingerprint density at radius 1 is 1.22 bits per heavy atom. The zero-order chi connectivity index (χ0) is 22.9. The minimum Gasteiger partial charge on any atom is -0.481 e. The summed E-state index contributed by atoms with van der Waals surface area (Å²) in [5.41, 5.74) is 4.88. The SMILES string of the molecule is COc1ncc(Br)cc1C1=Nc2cc(N3CCC(CC(=O)OC(C)(C)C)CC3)ccc2C1. The van der Waals surface area contributed by atoms with E-state index in [0.717, 1.165) is 53.8 Å². The van der Waals surface area contributed by atoms with Crippen molar-refractivity contribution in [3.63, 3.8) is 0 Å². The number of benzene rings is 1. The van der Waals surface area contributed by atoms with E-state index in [-0.39, 0.29) is 5.97 Å². The smallest absolute Gasteiger partial charge is 0.306 e. The van der Waals surface area contributed by atoms with Crippen LogP contribution < -0.4 is 9.64 Å². The van der Waals surface area contributed by atoms with E-state index in [0.29, 0.717) is 18.2 Å². The molecule has 0 unspecified atom stereocenters. The molecule has 170 valence electrons. The number of hydrogen-bond acceptors (Lipinski definition) is 6. The Morgan fingerprint density at radius 3 is 2.66 bits per heavy atom. The number of halogens is 1. The van der Waals surface area contributed by atoms with Crippen LogP contribution in [0.2, 0.25) is 0 Å². The topological polar surface area (TPSA) is 64.0 Å². The molecular weight excluding hydrogens is 470 g/mol. The molecule has 6 nitrogen and oxygen atoms in total. The van der Waals surface area contributed by atoms with E-state index in [2.05, 4.69) is 44.0 Å². The minimum atomic E-state index is -0.419. The number of aliphatic imine (C=N–C) groups is 1. The number of anilines is 1. The van der Waals surface area contributed by atoms with Crippen LogP contribution in [0.1, 0.15) is 51.2 Å². The van der Waals surface area contributed by atoms with Gasteiger partial charge in [-0.3, -0.25) is 9.79 Å². The maximum Gasteiger partial charge on any atom is 0.306 e. The third-order valence-electron chi connectivity index (χ3n) is 5.86. The van der Waals surface area contributed by atoms with Gasteiger partial charge in [-0.1, -0.05) is 6.07 Å². The fourth-order valence-corrected chi connectivity index (χ4v) is 4.66. The maximum absolute atomic E-state index is 12.2. The average molecular weight is 500 g/mol. The van der Waals surface area contributed by atoms with Crippen LogP contribution >= 0.6 is 15.9 Å². The van der Waals surface area contributed by atoms with Gasteiger partial charge in [-0.25, -0.2) is 4.98 Å². The number of aromatic nitrogens is 1. The second-order valence-electron chi connectivity index (χ2n) is 9.48. The predicted molar refractivity (Wildman–Crippen MR) is 130 cm³/mol. The lowest BCUT2D eigenvalue weighted by molar-refractivity contribution is -0.156. The molecule has 7 heteroatoms. The zero-order valence-electron chi connectivity index (χ0n) is 19.2. The highest BCUT2D eigenvalue weighted by atomic mass is 79.9. The molecule has 2 aliphatic heterocycles. The number of ether oxygens (including phenoxy) is 2. The summed E-state index contributed by atoms with van der Waals surface area (Å²) in [6, 6.07) is 8.54. The lowest BCUT2D eigenvalue weighted by Crippen LogP contribution is -2.35. The minimum absolute atomic E-state index is 0.0900. The Morgan fingerprint density at radius 2 is 1.97 bits per heavy atom. The molecule has 0 N–H and O–H groups in total. The summed E-state index contributed by atoms with van der Waals surface area (Å²) >= 11 is 3.50. The van der Waals surface area contributed by atoms with Crippen molar-refractivity contribution in [2.45, 2.75) is 52.1 Å². The molecule has 2 aromatic rings. The molecule has 1 aromatic carbocycles. The number of hydrogen-bond donors (Lipinski definition) is 0. The first-order chi connectivity index (χ1) is 15.2. The molecule has 1 saturated heterocycles. The van der Waals surface area contributed by atoms with Crippen molar-refractivity contribution in [2.24, 2.45) is 10.9 Å². The second kappa shape index (κ2) is 9.22. The number of carbonyl (C=O) groups excluding carboxylic acids is 1. The van der Waals surface area contributed by atoms with Crippen LogP contribution in [0.5, 0.6) is 5.88 Å². The monoisotopic (exact) mass is 499 g/mol. The molecule has 0 saturated carbocycles. The highest BCUT2D eigenvalue weighted by molar-refractivity contribution is 9.10. The van der Waals surface area contributed by atoms with Gasteiger partial charge in [0.25, 0.3) is 0 Å². The highest BCUT2D eigenvalue weighted by Gasteiger charge is 2.26. The summed E-state index contributed by atoms with van der Waals surface area (Å²) in [7, 11) is 1.63. The number of methoxy groups -OCH3 is 1. The van der Waals surface area contributed by atoms with E-state index >= 15 is 0 Å². The first-order valence-electron chi connectivity index (χ1n) is 11.1. The molecule has 0 atom stereocenters. The summed E-state index contributed by atoms with van der Waals surface area (Å²) in [5, 5.41) is 0. The molecule has 32 heavy (non-hydrogen) atoms. The van der Waals surface area contributed by atoms with E-state index in [1.807, 2.05) is 26.8 Å². The van der Waals surface area contributed by atoms with E-state index in [4.69, 9.17) is 14.5 Å². The largest absolute Gasteiger partial charge is 0.481 e. The van der Waals surface area contributed by atoms with Gasteiger partial charge in [-0.05, 0) is 79.2 Å². The van der Waals surface area contributed by atoms with Crippen molar-refractivity contribution < 1.29 is 14.3 Å². The van der Waals surface area contributed by atoms with Gasteiger partial charge in [0, 0.05) is 42.3 Å². The molecule has 0 aliphatic carbocycles. The second-order valence-corrected chi connectivity index (χ2v) is 10.4. The predicted octanol–water partition coefficient (Wildman–Crippen LogP) is 5.48. The van der Waals surface area contributed by atoms with Crippen molar-refractivity contribution >= 4 is 39.0 Å². The number of carbonyl (C=O) groups is 1. The number of nitrogens with zero attached hydrogens (tertiary/aromatic N) is 3. The third kappa shape index (κ3) is 5.31. The molecular formula is C25H30BrN3O3. The lowest BCUT2D eigenvalue weighted by Gasteiger charge is -2.33.